The Labute approximate surface area is 164 Å². The molecule has 2 aromatic rings. The van der Waals surface area contributed by atoms with Gasteiger partial charge in [0.2, 0.25) is 0 Å². The number of anilines is 1. The number of ketones is 1. The van der Waals surface area contributed by atoms with Gasteiger partial charge in [-0.2, -0.15) is 0 Å². The number of benzene rings is 2. The van der Waals surface area contributed by atoms with Crippen LogP contribution < -0.4 is 4.90 Å². The van der Waals surface area contributed by atoms with Gasteiger partial charge in [-0.1, -0.05) is 45.0 Å². The quantitative estimate of drug-likeness (QED) is 0.776. The first-order valence-corrected chi connectivity index (χ1v) is 9.51. The number of carbonyl (C=O) groups excluding carboxylic acids is 2. The van der Waals surface area contributed by atoms with Crippen LogP contribution in [0.25, 0.3) is 0 Å². The zero-order chi connectivity index (χ0) is 20.4. The van der Waals surface area contributed by atoms with Crippen LogP contribution in [0.3, 0.4) is 0 Å². The lowest BCUT2D eigenvalue weighted by Gasteiger charge is -2.27. The van der Waals surface area contributed by atoms with Gasteiger partial charge in [-0.05, 0) is 47.7 Å². The lowest BCUT2D eigenvalue weighted by atomic mass is 9.92. The molecule has 0 radical (unpaired) electrons. The molecular weight excluding hydrogens is 354 g/mol. The summed E-state index contributed by atoms with van der Waals surface area (Å²) < 4.78 is 0. The largest absolute Gasteiger partial charge is 0.508 e. The van der Waals surface area contributed by atoms with Crippen molar-refractivity contribution in [2.75, 3.05) is 4.90 Å². The van der Waals surface area contributed by atoms with Crippen LogP contribution in [0.2, 0.25) is 0 Å². The van der Waals surface area contributed by atoms with E-state index < -0.39 is 17.7 Å². The minimum Gasteiger partial charge on any atom is -0.508 e. The van der Waals surface area contributed by atoms with Crippen molar-refractivity contribution in [3.05, 3.63) is 71.0 Å². The smallest absolute Gasteiger partial charge is 0.294 e. The molecule has 2 N–H and O–H groups in total. The SMILES string of the molecule is CCc1ccc(N2C(=O)C(O)=C(C(=O)CC(C)C)C2c2ccc(O)cc2)cc1. The van der Waals surface area contributed by atoms with Crippen molar-refractivity contribution < 1.29 is 19.8 Å². The second kappa shape index (κ2) is 7.89. The van der Waals surface area contributed by atoms with Crippen LogP contribution in [-0.2, 0) is 16.0 Å². The number of aliphatic hydroxyl groups excluding tert-OH is 1. The molecule has 5 nitrogen and oxygen atoms in total. The lowest BCUT2D eigenvalue weighted by Crippen LogP contribution is -2.31. The summed E-state index contributed by atoms with van der Waals surface area (Å²) in [5.41, 5.74) is 2.51. The molecule has 1 heterocycles. The maximum Gasteiger partial charge on any atom is 0.294 e. The van der Waals surface area contributed by atoms with Crippen LogP contribution in [0.5, 0.6) is 5.75 Å². The van der Waals surface area contributed by atoms with Gasteiger partial charge in [-0.25, -0.2) is 0 Å². The molecule has 146 valence electrons. The number of phenolic OH excluding ortho intramolecular Hbond substituents is 1. The fourth-order valence-corrected chi connectivity index (χ4v) is 3.50. The van der Waals surface area contributed by atoms with Crippen molar-refractivity contribution in [1.29, 1.82) is 0 Å². The van der Waals surface area contributed by atoms with E-state index in [4.69, 9.17) is 0 Å². The highest BCUT2D eigenvalue weighted by molar-refractivity contribution is 6.16. The Balaban J connectivity index is 2.11. The number of aromatic hydroxyl groups is 1. The van der Waals surface area contributed by atoms with Crippen LogP contribution in [0.4, 0.5) is 5.69 Å². The topological polar surface area (TPSA) is 77.8 Å². The number of amides is 1. The van der Waals surface area contributed by atoms with Crippen LogP contribution in [0.15, 0.2) is 59.9 Å². The molecule has 0 aromatic heterocycles. The molecule has 5 heteroatoms. The van der Waals surface area contributed by atoms with Gasteiger partial charge in [0, 0.05) is 12.1 Å². The summed E-state index contributed by atoms with van der Waals surface area (Å²) in [5, 5.41) is 20.2. The number of hydrogen-bond donors (Lipinski definition) is 2. The average Bonchev–Trinajstić information content (AvgIpc) is 2.93. The minimum absolute atomic E-state index is 0.0928. The van der Waals surface area contributed by atoms with E-state index in [-0.39, 0.29) is 29.4 Å². The van der Waals surface area contributed by atoms with E-state index in [0.717, 1.165) is 12.0 Å². The van der Waals surface area contributed by atoms with E-state index in [2.05, 4.69) is 0 Å². The Morgan fingerprint density at radius 2 is 1.64 bits per heavy atom. The molecule has 0 fully saturated rings. The molecule has 1 atom stereocenters. The molecule has 0 saturated carbocycles. The molecule has 1 aliphatic heterocycles. The molecule has 2 aromatic carbocycles. The lowest BCUT2D eigenvalue weighted by molar-refractivity contribution is -0.118. The molecule has 0 saturated heterocycles. The molecule has 0 aliphatic carbocycles. The molecule has 28 heavy (non-hydrogen) atoms. The third kappa shape index (κ3) is 3.65. The van der Waals surface area contributed by atoms with Crippen LogP contribution >= 0.6 is 0 Å². The molecule has 0 spiro atoms. The first kappa shape index (κ1) is 19.7. The second-order valence-corrected chi connectivity index (χ2v) is 7.47. The van der Waals surface area contributed by atoms with Crippen molar-refractivity contribution in [3.63, 3.8) is 0 Å². The number of carbonyl (C=O) groups is 2. The maximum atomic E-state index is 12.9. The number of nitrogens with zero attached hydrogens (tertiary/aromatic N) is 1. The summed E-state index contributed by atoms with van der Waals surface area (Å²) in [4.78, 5) is 27.3. The van der Waals surface area contributed by atoms with E-state index in [1.54, 1.807) is 12.1 Å². The van der Waals surface area contributed by atoms with Crippen molar-refractivity contribution in [3.8, 4) is 5.75 Å². The number of aliphatic hydroxyl groups is 1. The van der Waals surface area contributed by atoms with Gasteiger partial charge in [0.05, 0.1) is 11.6 Å². The van der Waals surface area contributed by atoms with Gasteiger partial charge >= 0.3 is 0 Å². The Bertz CT molecular complexity index is 911. The zero-order valence-corrected chi connectivity index (χ0v) is 16.3. The van der Waals surface area contributed by atoms with E-state index in [9.17, 15) is 19.8 Å². The van der Waals surface area contributed by atoms with E-state index in [1.807, 2.05) is 45.0 Å². The fourth-order valence-electron chi connectivity index (χ4n) is 3.50. The standard InChI is InChI=1S/C23H25NO4/c1-4-15-5-9-17(10-6-15)24-21(16-7-11-18(25)12-8-16)20(22(27)23(24)28)19(26)13-14(2)3/h5-12,14,21,25,27H,4,13H2,1-3H3. The zero-order valence-electron chi connectivity index (χ0n) is 16.3. The van der Waals surface area contributed by atoms with Crippen molar-refractivity contribution in [2.24, 2.45) is 5.92 Å². The van der Waals surface area contributed by atoms with Crippen LogP contribution in [0, 0.1) is 5.92 Å². The third-order valence-corrected chi connectivity index (χ3v) is 4.93. The van der Waals surface area contributed by atoms with Gasteiger partial charge in [-0.3, -0.25) is 14.5 Å². The summed E-state index contributed by atoms with van der Waals surface area (Å²) in [5.74, 6) is -1.14. The van der Waals surface area contributed by atoms with Crippen molar-refractivity contribution >= 4 is 17.4 Å². The fraction of sp³-hybridized carbons (Fsp3) is 0.304. The predicted octanol–water partition coefficient (Wildman–Crippen LogP) is 4.47. The Morgan fingerprint density at radius 3 is 2.18 bits per heavy atom. The van der Waals surface area contributed by atoms with Gasteiger partial charge in [0.1, 0.15) is 5.75 Å². The van der Waals surface area contributed by atoms with Crippen molar-refractivity contribution in [2.45, 2.75) is 39.7 Å². The Hall–Kier alpha value is -3.08. The molecule has 1 unspecified atom stereocenters. The minimum atomic E-state index is -0.730. The summed E-state index contributed by atoms with van der Waals surface area (Å²) in [7, 11) is 0. The normalized spacial score (nSPS) is 16.9. The van der Waals surface area contributed by atoms with E-state index in [1.165, 1.54) is 17.0 Å². The Kier molecular flexibility index (Phi) is 5.54. The van der Waals surface area contributed by atoms with Gasteiger partial charge in [0.25, 0.3) is 5.91 Å². The summed E-state index contributed by atoms with van der Waals surface area (Å²) >= 11 is 0. The number of rotatable bonds is 6. The molecular formula is C23H25NO4. The molecule has 1 aliphatic rings. The van der Waals surface area contributed by atoms with Gasteiger partial charge < -0.3 is 10.2 Å². The summed E-state index contributed by atoms with van der Waals surface area (Å²) in [6, 6.07) is 13.1. The second-order valence-electron chi connectivity index (χ2n) is 7.47. The first-order valence-electron chi connectivity index (χ1n) is 9.51. The highest BCUT2D eigenvalue weighted by Gasteiger charge is 2.44. The summed E-state index contributed by atoms with van der Waals surface area (Å²) in [6.07, 6.45) is 1.11. The maximum absolute atomic E-state index is 12.9. The van der Waals surface area contributed by atoms with E-state index >= 15 is 0 Å². The molecule has 3 rings (SSSR count). The van der Waals surface area contributed by atoms with Crippen LogP contribution in [0.1, 0.15) is 44.4 Å². The predicted molar refractivity (Wildman–Crippen MR) is 108 cm³/mol. The number of phenols is 1. The van der Waals surface area contributed by atoms with E-state index in [0.29, 0.717) is 11.3 Å². The first-order chi connectivity index (χ1) is 13.3. The number of Topliss-reactive ketones (excluding diaryl/α,β-unsaturated/α-hetero) is 1. The highest BCUT2D eigenvalue weighted by atomic mass is 16.3. The average molecular weight is 379 g/mol. The molecule has 0 bridgehead atoms. The Morgan fingerprint density at radius 1 is 1.04 bits per heavy atom. The number of aryl methyl sites for hydroxylation is 1. The highest BCUT2D eigenvalue weighted by Crippen LogP contribution is 2.42. The third-order valence-electron chi connectivity index (χ3n) is 4.93. The number of hydrogen-bond acceptors (Lipinski definition) is 4. The van der Waals surface area contributed by atoms with Gasteiger partial charge in [-0.15, -0.1) is 0 Å². The summed E-state index contributed by atoms with van der Waals surface area (Å²) in [6.45, 7) is 5.89. The van der Waals surface area contributed by atoms with Gasteiger partial charge in [0.15, 0.2) is 11.5 Å². The molecule has 1 amide bonds. The van der Waals surface area contributed by atoms with Crippen LogP contribution in [-0.4, -0.2) is 21.9 Å². The monoisotopic (exact) mass is 379 g/mol. The van der Waals surface area contributed by atoms with Crippen molar-refractivity contribution in [1.82, 2.24) is 0 Å².